The third kappa shape index (κ3) is 1.66. The van der Waals surface area contributed by atoms with E-state index in [1.807, 2.05) is 0 Å². The van der Waals surface area contributed by atoms with Gasteiger partial charge < -0.3 is 11.5 Å². The minimum absolute atomic E-state index is 0.265. The fourth-order valence-corrected chi connectivity index (χ4v) is 1.85. The van der Waals surface area contributed by atoms with Crippen molar-refractivity contribution in [1.29, 1.82) is 0 Å². The van der Waals surface area contributed by atoms with Crippen LogP contribution in [-0.4, -0.2) is 9.85 Å². The maximum Gasteiger partial charge on any atom is 0.356 e. The van der Waals surface area contributed by atoms with E-state index in [-0.39, 0.29) is 5.39 Å². The van der Waals surface area contributed by atoms with Gasteiger partial charge in [0, 0.05) is 11.5 Å². The van der Waals surface area contributed by atoms with Crippen LogP contribution in [0.5, 0.6) is 0 Å². The summed E-state index contributed by atoms with van der Waals surface area (Å²) in [6, 6.07) is 1.77. The number of fused-ring (bicyclic) bond motifs is 1. The number of nitro benzene ring substituents is 2. The molecular formula is C10H6F2N4O4. The number of nitro groups is 2. The van der Waals surface area contributed by atoms with Crippen molar-refractivity contribution < 1.29 is 18.6 Å². The molecule has 2 aromatic rings. The first kappa shape index (κ1) is 13.4. The summed E-state index contributed by atoms with van der Waals surface area (Å²) in [4.78, 5) is 19.5. The van der Waals surface area contributed by atoms with Gasteiger partial charge in [0.05, 0.1) is 21.2 Å². The lowest BCUT2D eigenvalue weighted by Gasteiger charge is -2.09. The Labute approximate surface area is 108 Å². The zero-order chi connectivity index (χ0) is 15.2. The lowest BCUT2D eigenvalue weighted by molar-refractivity contribution is -0.421. The zero-order valence-corrected chi connectivity index (χ0v) is 9.59. The van der Waals surface area contributed by atoms with Gasteiger partial charge in [-0.15, -0.1) is 0 Å². The Bertz CT molecular complexity index is 778. The molecule has 0 saturated heterocycles. The van der Waals surface area contributed by atoms with E-state index in [1.54, 1.807) is 0 Å². The van der Waals surface area contributed by atoms with Crippen LogP contribution in [0.1, 0.15) is 0 Å². The highest BCUT2D eigenvalue weighted by Gasteiger charge is 2.32. The predicted octanol–water partition coefficient (Wildman–Crippen LogP) is 2.10. The van der Waals surface area contributed by atoms with Crippen LogP contribution in [-0.2, 0) is 0 Å². The first-order valence-electron chi connectivity index (χ1n) is 5.04. The number of benzene rings is 2. The van der Waals surface area contributed by atoms with Gasteiger partial charge in [-0.05, 0) is 6.07 Å². The van der Waals surface area contributed by atoms with Gasteiger partial charge >= 0.3 is 11.4 Å². The average Bonchev–Trinajstić information content (AvgIpc) is 2.40. The number of anilines is 2. The smallest absolute Gasteiger partial charge is 0.356 e. The second kappa shape index (κ2) is 4.26. The first-order chi connectivity index (χ1) is 9.27. The summed E-state index contributed by atoms with van der Waals surface area (Å²) in [5, 5.41) is 20.5. The predicted molar refractivity (Wildman–Crippen MR) is 66.0 cm³/mol. The number of nitrogens with two attached hydrogens (primary N) is 2. The fourth-order valence-electron chi connectivity index (χ4n) is 1.85. The van der Waals surface area contributed by atoms with E-state index in [2.05, 4.69) is 0 Å². The van der Waals surface area contributed by atoms with Crippen molar-refractivity contribution in [3.63, 3.8) is 0 Å². The number of rotatable bonds is 2. The van der Waals surface area contributed by atoms with Gasteiger partial charge in [-0.1, -0.05) is 0 Å². The van der Waals surface area contributed by atoms with Gasteiger partial charge in [0.2, 0.25) is 0 Å². The van der Waals surface area contributed by atoms with E-state index in [1.165, 1.54) is 0 Å². The quantitative estimate of drug-likeness (QED) is 0.491. The SMILES string of the molecule is Nc1c(F)c(F)c2c([N+](=O)[O-])c([N+](=O)[O-])ccc2c1N. The Balaban J connectivity index is 3.13. The van der Waals surface area contributed by atoms with Crippen molar-refractivity contribution in [1.82, 2.24) is 0 Å². The fraction of sp³-hybridized carbons (Fsp3) is 0. The molecular weight excluding hydrogens is 278 g/mol. The first-order valence-corrected chi connectivity index (χ1v) is 5.04. The average molecular weight is 284 g/mol. The summed E-state index contributed by atoms with van der Waals surface area (Å²) in [5.74, 6) is -3.24. The Morgan fingerprint density at radius 3 is 2.05 bits per heavy atom. The van der Waals surface area contributed by atoms with Crippen LogP contribution in [0.4, 0.5) is 31.5 Å². The van der Waals surface area contributed by atoms with Crippen molar-refractivity contribution in [2.45, 2.75) is 0 Å². The van der Waals surface area contributed by atoms with Gasteiger partial charge in [0.25, 0.3) is 0 Å². The molecule has 2 aromatic carbocycles. The number of nitrogens with zero attached hydrogens (tertiary/aromatic N) is 2. The molecule has 0 saturated carbocycles. The lowest BCUT2D eigenvalue weighted by Crippen LogP contribution is -2.05. The molecule has 4 N–H and O–H groups in total. The molecule has 0 aliphatic carbocycles. The summed E-state index contributed by atoms with van der Waals surface area (Å²) >= 11 is 0. The Morgan fingerprint density at radius 1 is 0.950 bits per heavy atom. The largest absolute Gasteiger partial charge is 0.396 e. The molecule has 0 aromatic heterocycles. The molecule has 0 amide bonds. The summed E-state index contributed by atoms with van der Waals surface area (Å²) in [6.45, 7) is 0. The van der Waals surface area contributed by atoms with Gasteiger partial charge in [0.15, 0.2) is 11.6 Å². The van der Waals surface area contributed by atoms with E-state index >= 15 is 0 Å². The molecule has 0 atom stereocenters. The molecule has 8 nitrogen and oxygen atoms in total. The second-order valence-corrected chi connectivity index (χ2v) is 3.83. The van der Waals surface area contributed by atoms with E-state index in [9.17, 15) is 29.0 Å². The lowest BCUT2D eigenvalue weighted by atomic mass is 10.0. The highest BCUT2D eigenvalue weighted by atomic mass is 19.2. The third-order valence-electron chi connectivity index (χ3n) is 2.76. The topological polar surface area (TPSA) is 138 Å². The minimum atomic E-state index is -1.65. The molecule has 0 unspecified atom stereocenters. The highest BCUT2D eigenvalue weighted by Crippen LogP contribution is 2.41. The Hall–Kier alpha value is -3.04. The van der Waals surface area contributed by atoms with Crippen LogP contribution in [0, 0.1) is 31.9 Å². The van der Waals surface area contributed by atoms with E-state index in [4.69, 9.17) is 11.5 Å². The molecule has 20 heavy (non-hydrogen) atoms. The molecule has 0 heterocycles. The van der Waals surface area contributed by atoms with Gasteiger partial charge in [-0.2, -0.15) is 0 Å². The monoisotopic (exact) mass is 284 g/mol. The van der Waals surface area contributed by atoms with Crippen molar-refractivity contribution >= 4 is 33.5 Å². The van der Waals surface area contributed by atoms with Crippen molar-refractivity contribution in [2.24, 2.45) is 0 Å². The molecule has 0 aliphatic heterocycles. The standard InChI is InChI=1S/C10H6F2N4O4/c11-6-5-3(8(13)9(14)7(6)12)1-2-4(15(17)18)10(5)16(19)20/h1-2H,13-14H2. The zero-order valence-electron chi connectivity index (χ0n) is 9.59. The van der Waals surface area contributed by atoms with Crippen LogP contribution >= 0.6 is 0 Å². The van der Waals surface area contributed by atoms with Crippen molar-refractivity contribution in [3.05, 3.63) is 44.0 Å². The van der Waals surface area contributed by atoms with E-state index in [0.29, 0.717) is 0 Å². The molecule has 10 heteroatoms. The van der Waals surface area contributed by atoms with Crippen molar-refractivity contribution in [3.8, 4) is 0 Å². The summed E-state index contributed by atoms with van der Waals surface area (Å²) in [5.41, 5.74) is 7.42. The van der Waals surface area contributed by atoms with Crippen LogP contribution in [0.15, 0.2) is 12.1 Å². The Morgan fingerprint density at radius 2 is 1.55 bits per heavy atom. The van der Waals surface area contributed by atoms with Gasteiger partial charge in [-0.25, -0.2) is 8.78 Å². The van der Waals surface area contributed by atoms with Gasteiger partial charge in [0.1, 0.15) is 5.39 Å². The summed E-state index contributed by atoms with van der Waals surface area (Å²) in [7, 11) is 0. The molecule has 2 rings (SSSR count). The van der Waals surface area contributed by atoms with Crippen molar-refractivity contribution in [2.75, 3.05) is 11.5 Å². The Kier molecular flexibility index (Phi) is 2.85. The van der Waals surface area contributed by atoms with Gasteiger partial charge in [-0.3, -0.25) is 20.2 Å². The van der Waals surface area contributed by atoms with Crippen LogP contribution in [0.25, 0.3) is 10.8 Å². The maximum absolute atomic E-state index is 13.9. The van der Waals surface area contributed by atoms with E-state index in [0.717, 1.165) is 12.1 Å². The van der Waals surface area contributed by atoms with Crippen LogP contribution in [0.2, 0.25) is 0 Å². The summed E-state index contributed by atoms with van der Waals surface area (Å²) in [6.07, 6.45) is 0. The van der Waals surface area contributed by atoms with E-state index < -0.39 is 49.6 Å². The summed E-state index contributed by atoms with van der Waals surface area (Å²) < 4.78 is 27.4. The molecule has 0 fully saturated rings. The molecule has 0 aliphatic rings. The normalized spacial score (nSPS) is 10.7. The molecule has 0 bridgehead atoms. The molecule has 0 radical (unpaired) electrons. The number of hydrogen-bond acceptors (Lipinski definition) is 6. The third-order valence-corrected chi connectivity index (χ3v) is 2.76. The highest BCUT2D eigenvalue weighted by molar-refractivity contribution is 6.05. The number of nitrogen functional groups attached to an aromatic ring is 2. The minimum Gasteiger partial charge on any atom is -0.396 e. The molecule has 104 valence electrons. The number of hydrogen-bond donors (Lipinski definition) is 2. The number of halogens is 2. The van der Waals surface area contributed by atoms with Crippen LogP contribution in [0.3, 0.4) is 0 Å². The second-order valence-electron chi connectivity index (χ2n) is 3.83. The maximum atomic E-state index is 13.9. The van der Waals surface area contributed by atoms with Crippen LogP contribution < -0.4 is 11.5 Å². The molecule has 0 spiro atoms.